The molecule has 0 fully saturated rings. The fourth-order valence-electron chi connectivity index (χ4n) is 2.87. The Morgan fingerprint density at radius 1 is 1.16 bits per heavy atom. The summed E-state index contributed by atoms with van der Waals surface area (Å²) in [4.78, 5) is 10.5. The maximum Gasteiger partial charge on any atom is 0.387 e. The molecule has 32 heavy (non-hydrogen) atoms. The quantitative estimate of drug-likeness (QED) is 0.128. The first-order valence-electron chi connectivity index (χ1n) is 9.27. The first-order valence-corrected chi connectivity index (χ1v) is 9.68. The van der Waals surface area contributed by atoms with E-state index < -0.39 is 11.5 Å². The van der Waals surface area contributed by atoms with E-state index in [2.05, 4.69) is 10.1 Å². The fraction of sp³-hybridized carbons (Fsp3) is 0.0909. The third-order valence-corrected chi connectivity index (χ3v) is 4.63. The largest absolute Gasteiger partial charge is 0.502 e. The molecule has 10 heteroatoms. The van der Waals surface area contributed by atoms with Crippen molar-refractivity contribution in [2.45, 2.75) is 13.5 Å². The molecule has 164 valence electrons. The second-order valence-corrected chi connectivity index (χ2v) is 7.06. The minimum Gasteiger partial charge on any atom is -0.502 e. The second-order valence-electron chi connectivity index (χ2n) is 6.65. The van der Waals surface area contributed by atoms with Gasteiger partial charge in [-0.1, -0.05) is 12.2 Å². The minimum atomic E-state index is -2.93. The molecule has 3 aromatic rings. The van der Waals surface area contributed by atoms with Crippen LogP contribution in [0.2, 0.25) is 0 Å². The molecule has 0 saturated heterocycles. The number of hydrogen-bond acceptors (Lipinski definition) is 5. The Balaban J connectivity index is 1.98. The maximum atomic E-state index is 12.3. The average molecular weight is 458 g/mol. The summed E-state index contributed by atoms with van der Waals surface area (Å²) >= 11 is 5.52. The Bertz CT molecular complexity index is 1170. The molecular weight excluding hydrogens is 440 g/mol. The summed E-state index contributed by atoms with van der Waals surface area (Å²) in [6.07, 6.45) is 3.45. The minimum absolute atomic E-state index is 0.00554. The van der Waals surface area contributed by atoms with Gasteiger partial charge in [0.2, 0.25) is 0 Å². The Morgan fingerprint density at radius 2 is 1.81 bits per heavy atom. The van der Waals surface area contributed by atoms with Gasteiger partial charge >= 0.3 is 6.61 Å². The van der Waals surface area contributed by atoms with Crippen molar-refractivity contribution in [3.05, 3.63) is 94.3 Å². The van der Waals surface area contributed by atoms with Gasteiger partial charge in [0.15, 0.2) is 23.1 Å². The zero-order valence-corrected chi connectivity index (χ0v) is 17.6. The Labute approximate surface area is 187 Å². The Kier molecular flexibility index (Phi) is 7.06. The van der Waals surface area contributed by atoms with Gasteiger partial charge in [0.05, 0.1) is 4.92 Å². The van der Waals surface area contributed by atoms with Gasteiger partial charge in [-0.25, -0.2) is 0 Å². The van der Waals surface area contributed by atoms with E-state index in [1.807, 2.05) is 13.0 Å². The first-order chi connectivity index (χ1) is 15.2. The normalized spacial score (nSPS) is 11.6. The van der Waals surface area contributed by atoms with Crippen molar-refractivity contribution in [3.8, 4) is 5.75 Å². The summed E-state index contributed by atoms with van der Waals surface area (Å²) in [5, 5.41) is 24.9. The lowest BCUT2D eigenvalue weighted by atomic mass is 10.1. The molecule has 0 atom stereocenters. The number of pyridine rings is 1. The van der Waals surface area contributed by atoms with E-state index in [9.17, 15) is 24.0 Å². The molecule has 0 radical (unpaired) electrons. The number of nitrogens with one attached hydrogen (secondary N) is 1. The number of rotatable bonds is 7. The predicted molar refractivity (Wildman–Crippen MR) is 120 cm³/mol. The molecule has 0 saturated carbocycles. The van der Waals surface area contributed by atoms with Crippen LogP contribution < -0.4 is 14.6 Å². The summed E-state index contributed by atoms with van der Waals surface area (Å²) in [5.74, 6) is -0.209. The first kappa shape index (κ1) is 22.8. The van der Waals surface area contributed by atoms with E-state index in [1.165, 1.54) is 48.5 Å². The van der Waals surface area contributed by atoms with Gasteiger partial charge in [-0.2, -0.15) is 13.3 Å². The molecule has 1 aromatic heterocycles. The SMILES string of the molecule is Cc1ccc[n+](/C(C(=S)Nc2ccc(OC(F)F)cc2)=C(\O)c2ccc([N+](=O)[O-])cc2)c1. The predicted octanol–water partition coefficient (Wildman–Crippen LogP) is 5.12. The molecule has 0 aliphatic heterocycles. The zero-order valence-electron chi connectivity index (χ0n) is 16.7. The lowest BCUT2D eigenvalue weighted by Crippen LogP contribution is -2.38. The molecule has 1 heterocycles. The number of thiocarbonyl (C=S) groups is 1. The van der Waals surface area contributed by atoms with Gasteiger partial charge < -0.3 is 15.2 Å². The van der Waals surface area contributed by atoms with Crippen molar-refractivity contribution in [1.29, 1.82) is 0 Å². The van der Waals surface area contributed by atoms with E-state index in [-0.39, 0.29) is 27.9 Å². The summed E-state index contributed by atoms with van der Waals surface area (Å²) in [5.41, 5.74) is 1.82. The highest BCUT2D eigenvalue weighted by Crippen LogP contribution is 2.23. The lowest BCUT2D eigenvalue weighted by molar-refractivity contribution is -0.576. The number of benzene rings is 2. The number of aliphatic hydroxyl groups is 1. The number of hydrogen-bond donors (Lipinski definition) is 2. The van der Waals surface area contributed by atoms with Crippen molar-refractivity contribution in [1.82, 2.24) is 0 Å². The molecule has 0 unspecified atom stereocenters. The average Bonchev–Trinajstić information content (AvgIpc) is 2.75. The van der Waals surface area contributed by atoms with Gasteiger partial charge in [0.25, 0.3) is 11.4 Å². The highest BCUT2D eigenvalue weighted by Gasteiger charge is 2.24. The molecule has 0 amide bonds. The standard InChI is InChI=1S/C22H17F2N3O4S/c1-14-3-2-12-26(13-14)19(20(28)15-4-8-17(9-5-15)27(29)30)21(32)25-16-6-10-18(11-7-16)31-22(23)24/h2-13,22H,1H3,(H-,25,28,32)/p+1. The van der Waals surface area contributed by atoms with Gasteiger partial charge in [-0.05, 0) is 49.4 Å². The Morgan fingerprint density at radius 3 is 2.38 bits per heavy atom. The summed E-state index contributed by atoms with van der Waals surface area (Å²) in [6.45, 7) is -1.06. The molecule has 2 aromatic carbocycles. The number of aromatic nitrogens is 1. The lowest BCUT2D eigenvalue weighted by Gasteiger charge is -2.11. The topological polar surface area (TPSA) is 88.5 Å². The van der Waals surface area contributed by atoms with Gasteiger partial charge in [-0.15, -0.1) is 0 Å². The number of nitro benzene ring substituents is 1. The third-order valence-electron chi connectivity index (χ3n) is 4.33. The number of aryl methyl sites for hydroxylation is 1. The monoisotopic (exact) mass is 458 g/mol. The Hall–Kier alpha value is -3.92. The number of anilines is 1. The van der Waals surface area contributed by atoms with Crippen LogP contribution in [0.3, 0.4) is 0 Å². The summed E-state index contributed by atoms with van der Waals surface area (Å²) < 4.78 is 30.6. The van der Waals surface area contributed by atoms with E-state index in [4.69, 9.17) is 12.2 Å². The van der Waals surface area contributed by atoms with Crippen molar-refractivity contribution < 1.29 is 28.1 Å². The molecule has 0 aliphatic rings. The molecule has 2 N–H and O–H groups in total. The van der Waals surface area contributed by atoms with Crippen LogP contribution in [-0.4, -0.2) is 21.6 Å². The van der Waals surface area contributed by atoms with Crippen LogP contribution in [0.1, 0.15) is 11.1 Å². The van der Waals surface area contributed by atoms with Crippen LogP contribution in [-0.2, 0) is 0 Å². The second kappa shape index (κ2) is 9.92. The third kappa shape index (κ3) is 5.61. The highest BCUT2D eigenvalue weighted by atomic mass is 32.1. The van der Waals surface area contributed by atoms with E-state index in [0.717, 1.165) is 5.56 Å². The van der Waals surface area contributed by atoms with Crippen molar-refractivity contribution in [2.75, 3.05) is 5.32 Å². The van der Waals surface area contributed by atoms with Crippen LogP contribution in [0.25, 0.3) is 11.5 Å². The number of ether oxygens (including phenoxy) is 1. The van der Waals surface area contributed by atoms with Gasteiger partial charge in [0, 0.05) is 35.0 Å². The van der Waals surface area contributed by atoms with Crippen molar-refractivity contribution in [2.24, 2.45) is 0 Å². The summed E-state index contributed by atoms with van der Waals surface area (Å²) in [7, 11) is 0. The van der Waals surface area contributed by atoms with Crippen LogP contribution in [0.5, 0.6) is 5.75 Å². The summed E-state index contributed by atoms with van der Waals surface area (Å²) in [6, 6.07) is 14.8. The molecule has 0 bridgehead atoms. The molecular formula is C22H18F2N3O4S+. The zero-order chi connectivity index (χ0) is 23.3. The number of nitrogens with zero attached hydrogens (tertiary/aromatic N) is 2. The number of halogens is 2. The van der Waals surface area contributed by atoms with E-state index >= 15 is 0 Å². The van der Waals surface area contributed by atoms with Crippen molar-refractivity contribution in [3.63, 3.8) is 0 Å². The maximum absolute atomic E-state index is 12.3. The number of aliphatic hydroxyl groups excluding tert-OH is 1. The number of nitro groups is 1. The molecule has 3 rings (SSSR count). The molecule has 0 aliphatic carbocycles. The number of non-ortho nitro benzene ring substituents is 1. The van der Waals surface area contributed by atoms with Gasteiger partial charge in [-0.3, -0.25) is 10.1 Å². The smallest absolute Gasteiger partial charge is 0.387 e. The fourth-order valence-corrected chi connectivity index (χ4v) is 3.19. The molecule has 7 nitrogen and oxygen atoms in total. The number of alkyl halides is 2. The van der Waals surface area contributed by atoms with Crippen molar-refractivity contribution >= 4 is 40.0 Å². The van der Waals surface area contributed by atoms with Crippen LogP contribution in [0, 0.1) is 17.0 Å². The molecule has 0 spiro atoms. The van der Waals surface area contributed by atoms with E-state index in [1.54, 1.807) is 23.0 Å². The van der Waals surface area contributed by atoms with Gasteiger partial charge in [0.1, 0.15) is 5.75 Å². The highest BCUT2D eigenvalue weighted by molar-refractivity contribution is 7.81. The van der Waals surface area contributed by atoms with Crippen LogP contribution >= 0.6 is 12.2 Å². The van der Waals surface area contributed by atoms with E-state index in [0.29, 0.717) is 11.3 Å². The van der Waals surface area contributed by atoms with Crippen LogP contribution in [0.4, 0.5) is 20.2 Å². The van der Waals surface area contributed by atoms with Crippen LogP contribution in [0.15, 0.2) is 73.1 Å².